The van der Waals surface area contributed by atoms with Crippen molar-refractivity contribution in [2.75, 3.05) is 13.1 Å². The number of β-amino-alcohol motifs (C(OH)–C–C–N with tert-alkyl or cyclic N) is 1. The van der Waals surface area contributed by atoms with E-state index < -0.39 is 5.60 Å². The molecule has 0 unspecified atom stereocenters. The van der Waals surface area contributed by atoms with Gasteiger partial charge in [0.25, 0.3) is 5.89 Å². The molecular formula is C13H15N3O2S. The van der Waals surface area contributed by atoms with Gasteiger partial charge in [0.05, 0.1) is 17.0 Å². The number of hydrogen-bond donors (Lipinski definition) is 1. The van der Waals surface area contributed by atoms with Gasteiger partial charge in [-0.1, -0.05) is 6.07 Å². The van der Waals surface area contributed by atoms with E-state index in [-0.39, 0.29) is 0 Å². The van der Waals surface area contributed by atoms with Crippen LogP contribution < -0.4 is 0 Å². The minimum Gasteiger partial charge on any atom is -0.419 e. The van der Waals surface area contributed by atoms with Crippen LogP contribution in [0.15, 0.2) is 21.9 Å². The van der Waals surface area contributed by atoms with Gasteiger partial charge in [-0.15, -0.1) is 21.5 Å². The minimum absolute atomic E-state index is 0.448. The van der Waals surface area contributed by atoms with Crippen LogP contribution in [0.25, 0.3) is 10.8 Å². The lowest BCUT2D eigenvalue weighted by Gasteiger charge is -2.46. The molecule has 0 atom stereocenters. The normalized spacial score (nSPS) is 22.4. The Labute approximate surface area is 114 Å². The highest BCUT2D eigenvalue weighted by atomic mass is 32.1. The molecule has 19 heavy (non-hydrogen) atoms. The van der Waals surface area contributed by atoms with Gasteiger partial charge in [0.2, 0.25) is 5.89 Å². The van der Waals surface area contributed by atoms with Gasteiger partial charge in [0, 0.05) is 13.1 Å². The van der Waals surface area contributed by atoms with E-state index in [4.69, 9.17) is 4.42 Å². The molecule has 2 aromatic heterocycles. The average Bonchev–Trinajstić information content (AvgIpc) is 2.89. The van der Waals surface area contributed by atoms with Gasteiger partial charge in [-0.25, -0.2) is 0 Å². The van der Waals surface area contributed by atoms with Gasteiger partial charge >= 0.3 is 0 Å². The van der Waals surface area contributed by atoms with Crippen LogP contribution >= 0.6 is 11.3 Å². The number of aromatic nitrogens is 2. The fraction of sp³-hybridized carbons (Fsp3) is 0.538. The third-order valence-corrected chi connectivity index (χ3v) is 4.75. The Hall–Kier alpha value is -1.24. The maximum absolute atomic E-state index is 10.2. The molecule has 0 aromatic carbocycles. The molecule has 0 amide bonds. The Bertz CT molecular complexity index is 570. The third-order valence-electron chi connectivity index (χ3n) is 3.89. The van der Waals surface area contributed by atoms with Crippen molar-refractivity contribution < 1.29 is 9.52 Å². The third kappa shape index (κ3) is 2.09. The first-order valence-electron chi connectivity index (χ1n) is 6.54. The summed E-state index contributed by atoms with van der Waals surface area (Å²) in [5, 5.41) is 20.4. The van der Waals surface area contributed by atoms with Crippen molar-refractivity contribution in [3.63, 3.8) is 0 Å². The molecule has 2 fully saturated rings. The lowest BCUT2D eigenvalue weighted by Crippen LogP contribution is -2.62. The summed E-state index contributed by atoms with van der Waals surface area (Å²) < 4.78 is 5.64. The standard InChI is InChI=1S/C13H15N3O2S/c17-13(9-3-4-9)7-16(8-13)6-11-14-15-12(18-11)10-2-1-5-19-10/h1-2,5,9,17H,3-4,6-8H2. The Morgan fingerprint density at radius 1 is 1.42 bits per heavy atom. The average molecular weight is 277 g/mol. The molecule has 0 bridgehead atoms. The van der Waals surface area contributed by atoms with Crippen LogP contribution in [-0.2, 0) is 6.54 Å². The molecular weight excluding hydrogens is 262 g/mol. The summed E-state index contributed by atoms with van der Waals surface area (Å²) in [6.07, 6.45) is 2.35. The van der Waals surface area contributed by atoms with Gasteiger partial charge in [-0.05, 0) is 30.2 Å². The fourth-order valence-electron chi connectivity index (χ4n) is 2.73. The summed E-state index contributed by atoms with van der Waals surface area (Å²) in [5.74, 6) is 1.73. The predicted octanol–water partition coefficient (Wildman–Crippen LogP) is 1.75. The van der Waals surface area contributed by atoms with Crippen molar-refractivity contribution in [2.24, 2.45) is 5.92 Å². The Morgan fingerprint density at radius 3 is 2.95 bits per heavy atom. The smallest absolute Gasteiger partial charge is 0.257 e. The SMILES string of the molecule is OC1(C2CC2)CN(Cc2nnc(-c3cccs3)o2)C1. The Morgan fingerprint density at radius 2 is 2.26 bits per heavy atom. The highest BCUT2D eigenvalue weighted by Crippen LogP contribution is 2.44. The molecule has 3 heterocycles. The van der Waals surface area contributed by atoms with E-state index in [0.717, 1.165) is 18.0 Å². The highest BCUT2D eigenvalue weighted by Gasteiger charge is 2.51. The number of thiophene rings is 1. The van der Waals surface area contributed by atoms with E-state index in [1.165, 1.54) is 12.8 Å². The van der Waals surface area contributed by atoms with Crippen LogP contribution in [0.5, 0.6) is 0 Å². The minimum atomic E-state index is -0.448. The zero-order chi connectivity index (χ0) is 12.9. The van der Waals surface area contributed by atoms with Crippen molar-refractivity contribution in [3.8, 4) is 10.8 Å². The molecule has 1 aliphatic carbocycles. The number of hydrogen-bond acceptors (Lipinski definition) is 6. The first-order chi connectivity index (χ1) is 9.23. The maximum Gasteiger partial charge on any atom is 0.257 e. The van der Waals surface area contributed by atoms with E-state index >= 15 is 0 Å². The Kier molecular flexibility index (Phi) is 2.51. The molecule has 0 spiro atoms. The van der Waals surface area contributed by atoms with E-state index in [9.17, 15) is 5.11 Å². The number of likely N-dealkylation sites (tertiary alicyclic amines) is 1. The highest BCUT2D eigenvalue weighted by molar-refractivity contribution is 7.13. The molecule has 2 aliphatic rings. The van der Waals surface area contributed by atoms with Crippen molar-refractivity contribution in [1.82, 2.24) is 15.1 Å². The molecule has 2 aromatic rings. The predicted molar refractivity (Wildman–Crippen MR) is 70.6 cm³/mol. The summed E-state index contributed by atoms with van der Waals surface area (Å²) in [5.41, 5.74) is -0.448. The zero-order valence-electron chi connectivity index (χ0n) is 10.5. The quantitative estimate of drug-likeness (QED) is 0.922. The second-order valence-electron chi connectivity index (χ2n) is 5.50. The number of nitrogens with zero attached hydrogens (tertiary/aromatic N) is 3. The lowest BCUT2D eigenvalue weighted by atomic mass is 9.89. The summed E-state index contributed by atoms with van der Waals surface area (Å²) in [6, 6.07) is 3.94. The van der Waals surface area contributed by atoms with Crippen LogP contribution in [0.2, 0.25) is 0 Å². The van der Waals surface area contributed by atoms with Crippen LogP contribution in [0, 0.1) is 5.92 Å². The van der Waals surface area contributed by atoms with Crippen molar-refractivity contribution in [3.05, 3.63) is 23.4 Å². The largest absolute Gasteiger partial charge is 0.419 e. The molecule has 1 N–H and O–H groups in total. The van der Waals surface area contributed by atoms with Crippen LogP contribution in [0.3, 0.4) is 0 Å². The van der Waals surface area contributed by atoms with Gasteiger partial charge in [-0.2, -0.15) is 0 Å². The summed E-state index contributed by atoms with van der Waals surface area (Å²) in [4.78, 5) is 3.15. The second kappa shape index (κ2) is 4.13. The van der Waals surface area contributed by atoms with Gasteiger partial charge in [0.1, 0.15) is 0 Å². The van der Waals surface area contributed by atoms with E-state index in [1.54, 1.807) is 11.3 Å². The number of rotatable bonds is 4. The summed E-state index contributed by atoms with van der Waals surface area (Å²) in [7, 11) is 0. The van der Waals surface area contributed by atoms with Crippen LogP contribution in [0.4, 0.5) is 0 Å². The lowest BCUT2D eigenvalue weighted by molar-refractivity contribution is -0.118. The number of aliphatic hydroxyl groups is 1. The van der Waals surface area contributed by atoms with Crippen molar-refractivity contribution in [2.45, 2.75) is 25.0 Å². The topological polar surface area (TPSA) is 62.4 Å². The van der Waals surface area contributed by atoms with Gasteiger partial charge in [-0.3, -0.25) is 4.90 Å². The van der Waals surface area contributed by atoms with Crippen LogP contribution in [-0.4, -0.2) is 38.9 Å². The monoisotopic (exact) mass is 277 g/mol. The van der Waals surface area contributed by atoms with E-state index in [1.807, 2.05) is 17.5 Å². The van der Waals surface area contributed by atoms with E-state index in [2.05, 4.69) is 15.1 Å². The molecule has 4 rings (SSSR count). The first-order valence-corrected chi connectivity index (χ1v) is 7.42. The van der Waals surface area contributed by atoms with Gasteiger partial charge < -0.3 is 9.52 Å². The molecule has 1 saturated carbocycles. The van der Waals surface area contributed by atoms with Crippen molar-refractivity contribution in [1.29, 1.82) is 0 Å². The molecule has 100 valence electrons. The molecule has 1 aliphatic heterocycles. The van der Waals surface area contributed by atoms with Crippen LogP contribution in [0.1, 0.15) is 18.7 Å². The second-order valence-corrected chi connectivity index (χ2v) is 6.45. The van der Waals surface area contributed by atoms with Gasteiger partial charge in [0.15, 0.2) is 0 Å². The Balaban J connectivity index is 1.39. The first kappa shape index (κ1) is 11.6. The molecule has 1 saturated heterocycles. The molecule has 6 heteroatoms. The fourth-order valence-corrected chi connectivity index (χ4v) is 3.37. The summed E-state index contributed by atoms with van der Waals surface area (Å²) in [6.45, 7) is 2.09. The summed E-state index contributed by atoms with van der Waals surface area (Å²) >= 11 is 1.59. The van der Waals surface area contributed by atoms with Crippen molar-refractivity contribution >= 4 is 11.3 Å². The van der Waals surface area contributed by atoms with E-state index in [0.29, 0.717) is 24.2 Å². The zero-order valence-corrected chi connectivity index (χ0v) is 11.3. The maximum atomic E-state index is 10.2. The molecule has 0 radical (unpaired) electrons. The molecule has 5 nitrogen and oxygen atoms in total.